The van der Waals surface area contributed by atoms with Gasteiger partial charge >= 0.3 is 0 Å². The number of nitrogens with one attached hydrogen (secondary N) is 2. The number of sulfonamides is 1. The Morgan fingerprint density at radius 2 is 1.88 bits per heavy atom. The Balaban J connectivity index is 1.93. The van der Waals surface area contributed by atoms with Crippen LogP contribution in [0.25, 0.3) is 6.08 Å². The summed E-state index contributed by atoms with van der Waals surface area (Å²) < 4.78 is 38.1. The van der Waals surface area contributed by atoms with E-state index in [2.05, 4.69) is 10.0 Å². The monoisotopic (exact) mass is 382 g/mol. The fraction of sp³-hybridized carbons (Fsp3) is 0.118. The van der Waals surface area contributed by atoms with E-state index >= 15 is 0 Å². The summed E-state index contributed by atoms with van der Waals surface area (Å²) >= 11 is 5.78. The Morgan fingerprint density at radius 1 is 1.20 bits per heavy atom. The molecule has 0 atom stereocenters. The van der Waals surface area contributed by atoms with Gasteiger partial charge in [0.15, 0.2) is 0 Å². The maximum absolute atomic E-state index is 13.8. The minimum Gasteiger partial charge on any atom is -0.348 e. The molecule has 0 heterocycles. The highest BCUT2D eigenvalue weighted by molar-refractivity contribution is 7.92. The van der Waals surface area contributed by atoms with Crippen LogP contribution in [0.4, 0.5) is 10.1 Å². The summed E-state index contributed by atoms with van der Waals surface area (Å²) in [4.78, 5) is 11.8. The lowest BCUT2D eigenvalue weighted by atomic mass is 10.2. The molecule has 0 radical (unpaired) electrons. The van der Waals surface area contributed by atoms with E-state index in [1.54, 1.807) is 30.3 Å². The second-order valence-corrected chi connectivity index (χ2v) is 7.48. The lowest BCUT2D eigenvalue weighted by Gasteiger charge is -2.08. The maximum Gasteiger partial charge on any atom is 0.244 e. The van der Waals surface area contributed by atoms with Gasteiger partial charge in [-0.05, 0) is 41.5 Å². The molecule has 0 aliphatic heterocycles. The molecule has 0 saturated heterocycles. The second kappa shape index (κ2) is 8.13. The Bertz CT molecular complexity index is 897. The van der Waals surface area contributed by atoms with Gasteiger partial charge in [-0.3, -0.25) is 9.52 Å². The summed E-state index contributed by atoms with van der Waals surface area (Å²) in [7, 11) is -3.55. The maximum atomic E-state index is 13.8. The SMILES string of the molecule is CS(=O)(=O)Nc1ccc(CNC(=O)C=Cc2ccc(Cl)cc2)cc1F. The van der Waals surface area contributed by atoms with E-state index in [1.165, 1.54) is 18.2 Å². The average Bonchev–Trinajstić information content (AvgIpc) is 2.53. The molecule has 2 aromatic carbocycles. The highest BCUT2D eigenvalue weighted by Crippen LogP contribution is 2.17. The van der Waals surface area contributed by atoms with Gasteiger partial charge in [0.05, 0.1) is 11.9 Å². The van der Waals surface area contributed by atoms with Crippen molar-refractivity contribution in [1.82, 2.24) is 5.32 Å². The average molecular weight is 383 g/mol. The topological polar surface area (TPSA) is 75.3 Å². The minimum atomic E-state index is -3.55. The van der Waals surface area contributed by atoms with Gasteiger partial charge in [0.1, 0.15) is 5.82 Å². The number of rotatable bonds is 6. The van der Waals surface area contributed by atoms with E-state index in [4.69, 9.17) is 11.6 Å². The molecule has 0 unspecified atom stereocenters. The van der Waals surface area contributed by atoms with Crippen LogP contribution < -0.4 is 10.0 Å². The predicted molar refractivity (Wildman–Crippen MR) is 97.2 cm³/mol. The Labute approximate surface area is 150 Å². The van der Waals surface area contributed by atoms with E-state index in [1.807, 2.05) is 0 Å². The lowest BCUT2D eigenvalue weighted by molar-refractivity contribution is -0.116. The number of amides is 1. The third-order valence-corrected chi connectivity index (χ3v) is 3.94. The largest absolute Gasteiger partial charge is 0.348 e. The van der Waals surface area contributed by atoms with Crippen molar-refractivity contribution in [3.63, 3.8) is 0 Å². The molecule has 8 heteroatoms. The Hall–Kier alpha value is -2.38. The molecule has 2 aromatic rings. The first-order valence-corrected chi connectivity index (χ1v) is 9.47. The van der Waals surface area contributed by atoms with Crippen molar-refractivity contribution in [3.05, 3.63) is 70.5 Å². The van der Waals surface area contributed by atoms with Crippen molar-refractivity contribution in [2.24, 2.45) is 0 Å². The predicted octanol–water partition coefficient (Wildman–Crippen LogP) is 3.18. The zero-order chi connectivity index (χ0) is 18.4. The van der Waals surface area contributed by atoms with Gasteiger partial charge in [-0.25, -0.2) is 12.8 Å². The van der Waals surface area contributed by atoms with Crippen LogP contribution in [0.2, 0.25) is 5.02 Å². The third-order valence-electron chi connectivity index (χ3n) is 3.09. The van der Waals surface area contributed by atoms with Gasteiger partial charge in [-0.1, -0.05) is 29.8 Å². The molecule has 2 N–H and O–H groups in total. The Morgan fingerprint density at radius 3 is 2.48 bits per heavy atom. The van der Waals surface area contributed by atoms with Gasteiger partial charge in [-0.2, -0.15) is 0 Å². The highest BCUT2D eigenvalue weighted by atomic mass is 35.5. The van der Waals surface area contributed by atoms with Crippen LogP contribution in [-0.4, -0.2) is 20.6 Å². The summed E-state index contributed by atoms with van der Waals surface area (Å²) in [5.41, 5.74) is 1.19. The molecule has 25 heavy (non-hydrogen) atoms. The molecule has 0 aliphatic carbocycles. The molecule has 0 fully saturated rings. The van der Waals surface area contributed by atoms with Crippen LogP contribution in [0.5, 0.6) is 0 Å². The molecule has 0 saturated carbocycles. The number of carbonyl (C=O) groups excluding carboxylic acids is 1. The van der Waals surface area contributed by atoms with Gasteiger partial charge in [0.25, 0.3) is 0 Å². The molecule has 1 amide bonds. The van der Waals surface area contributed by atoms with Crippen molar-refractivity contribution in [3.8, 4) is 0 Å². The lowest BCUT2D eigenvalue weighted by Crippen LogP contribution is -2.20. The van der Waals surface area contributed by atoms with Crippen LogP contribution in [-0.2, 0) is 21.4 Å². The zero-order valence-corrected chi connectivity index (χ0v) is 14.9. The highest BCUT2D eigenvalue weighted by Gasteiger charge is 2.08. The van der Waals surface area contributed by atoms with Crippen molar-refractivity contribution in [2.75, 3.05) is 11.0 Å². The summed E-state index contributed by atoms with van der Waals surface area (Å²) in [6, 6.07) is 11.0. The van der Waals surface area contributed by atoms with E-state index in [-0.39, 0.29) is 18.1 Å². The molecule has 0 spiro atoms. The first-order valence-electron chi connectivity index (χ1n) is 7.20. The van der Waals surface area contributed by atoms with E-state index in [0.717, 1.165) is 17.9 Å². The number of benzene rings is 2. The molecule has 5 nitrogen and oxygen atoms in total. The van der Waals surface area contributed by atoms with Crippen molar-refractivity contribution >= 4 is 39.3 Å². The zero-order valence-electron chi connectivity index (χ0n) is 13.3. The normalized spacial score (nSPS) is 11.5. The summed E-state index contributed by atoms with van der Waals surface area (Å²) in [5, 5.41) is 3.23. The van der Waals surface area contributed by atoms with Gasteiger partial charge < -0.3 is 5.32 Å². The van der Waals surface area contributed by atoms with Crippen molar-refractivity contribution in [2.45, 2.75) is 6.54 Å². The number of anilines is 1. The smallest absolute Gasteiger partial charge is 0.244 e. The first kappa shape index (κ1) is 19.0. The van der Waals surface area contributed by atoms with E-state index in [9.17, 15) is 17.6 Å². The van der Waals surface area contributed by atoms with Crippen LogP contribution >= 0.6 is 11.6 Å². The van der Waals surface area contributed by atoms with Crippen molar-refractivity contribution < 1.29 is 17.6 Å². The minimum absolute atomic E-state index is 0.111. The van der Waals surface area contributed by atoms with E-state index < -0.39 is 15.8 Å². The van der Waals surface area contributed by atoms with Crippen LogP contribution in [0, 0.1) is 5.82 Å². The third kappa shape index (κ3) is 6.56. The summed E-state index contributed by atoms with van der Waals surface area (Å²) in [5.74, 6) is -1.05. The van der Waals surface area contributed by atoms with Crippen LogP contribution in [0.1, 0.15) is 11.1 Å². The number of hydrogen-bond acceptors (Lipinski definition) is 3. The fourth-order valence-corrected chi connectivity index (χ4v) is 2.64. The van der Waals surface area contributed by atoms with Gasteiger partial charge in [0.2, 0.25) is 15.9 Å². The second-order valence-electron chi connectivity index (χ2n) is 5.29. The van der Waals surface area contributed by atoms with Gasteiger partial charge in [-0.15, -0.1) is 0 Å². The van der Waals surface area contributed by atoms with Crippen LogP contribution in [0.3, 0.4) is 0 Å². The summed E-state index contributed by atoms with van der Waals surface area (Å²) in [6.07, 6.45) is 3.93. The molecular weight excluding hydrogens is 367 g/mol. The summed E-state index contributed by atoms with van der Waals surface area (Å²) in [6.45, 7) is 0.111. The molecule has 2 rings (SSSR count). The molecule has 0 aliphatic rings. The standard InChI is InChI=1S/C17H16ClFN2O3S/c1-25(23,24)21-16-8-4-13(10-15(16)19)11-20-17(22)9-5-12-2-6-14(18)7-3-12/h2-10,21H,11H2,1H3,(H,20,22). The van der Waals surface area contributed by atoms with E-state index in [0.29, 0.717) is 10.6 Å². The van der Waals surface area contributed by atoms with Crippen molar-refractivity contribution in [1.29, 1.82) is 0 Å². The van der Waals surface area contributed by atoms with Gasteiger partial charge in [0, 0.05) is 17.6 Å². The molecular formula is C17H16ClFN2O3S. The Kier molecular flexibility index (Phi) is 6.17. The molecule has 0 aromatic heterocycles. The number of halogens is 2. The molecule has 132 valence electrons. The van der Waals surface area contributed by atoms with Crippen LogP contribution in [0.15, 0.2) is 48.5 Å². The number of hydrogen-bond donors (Lipinski definition) is 2. The quantitative estimate of drug-likeness (QED) is 0.753. The molecule has 0 bridgehead atoms. The number of carbonyl (C=O) groups is 1. The first-order chi connectivity index (χ1) is 11.7. The fourth-order valence-electron chi connectivity index (χ4n) is 1.94.